The van der Waals surface area contributed by atoms with Crippen LogP contribution in [0.2, 0.25) is 0 Å². The summed E-state index contributed by atoms with van der Waals surface area (Å²) >= 11 is 0. The maximum Gasteiger partial charge on any atom is 0.0568 e. The first-order chi connectivity index (χ1) is 7.24. The number of anilines is 3. The van der Waals surface area contributed by atoms with E-state index in [1.807, 2.05) is 18.2 Å². The number of rotatable bonds is 6. The highest BCUT2D eigenvalue weighted by atomic mass is 16.5. The van der Waals surface area contributed by atoms with Gasteiger partial charge in [-0.3, -0.25) is 0 Å². The highest BCUT2D eigenvalue weighted by Gasteiger charge is 1.96. The summed E-state index contributed by atoms with van der Waals surface area (Å²) in [6, 6.07) is 5.60. The number of unbranched alkanes of at least 4 members (excludes halogenated alkanes) is 1. The SMILES string of the molecule is COCCCCNc1ccc(N)c(N)c1. The van der Waals surface area contributed by atoms with E-state index in [-0.39, 0.29) is 0 Å². The van der Waals surface area contributed by atoms with Gasteiger partial charge in [0.15, 0.2) is 0 Å². The second-order valence-corrected chi connectivity index (χ2v) is 3.47. The molecule has 0 heterocycles. The molecule has 4 heteroatoms. The summed E-state index contributed by atoms with van der Waals surface area (Å²) in [5, 5.41) is 3.28. The van der Waals surface area contributed by atoms with Crippen LogP contribution in [-0.2, 0) is 4.74 Å². The zero-order valence-corrected chi connectivity index (χ0v) is 9.12. The molecule has 0 aliphatic carbocycles. The number of ether oxygens (including phenoxy) is 1. The number of nitrogen functional groups attached to an aromatic ring is 2. The highest BCUT2D eigenvalue weighted by Crippen LogP contribution is 2.19. The third kappa shape index (κ3) is 4.08. The fraction of sp³-hybridized carbons (Fsp3) is 0.455. The molecule has 1 aromatic rings. The lowest BCUT2D eigenvalue weighted by Crippen LogP contribution is -2.04. The van der Waals surface area contributed by atoms with E-state index in [0.29, 0.717) is 11.4 Å². The van der Waals surface area contributed by atoms with E-state index in [0.717, 1.165) is 31.7 Å². The van der Waals surface area contributed by atoms with Gasteiger partial charge in [0.1, 0.15) is 0 Å². The maximum atomic E-state index is 5.69. The zero-order chi connectivity index (χ0) is 11.1. The number of hydrogen-bond acceptors (Lipinski definition) is 4. The van der Waals surface area contributed by atoms with Gasteiger partial charge in [-0.2, -0.15) is 0 Å². The molecule has 0 spiro atoms. The Hall–Kier alpha value is -1.42. The van der Waals surface area contributed by atoms with Crippen molar-refractivity contribution in [3.05, 3.63) is 18.2 Å². The van der Waals surface area contributed by atoms with Crippen molar-refractivity contribution in [3.8, 4) is 0 Å². The molecule has 5 N–H and O–H groups in total. The molecule has 0 saturated carbocycles. The molecule has 0 fully saturated rings. The minimum Gasteiger partial charge on any atom is -0.397 e. The average molecular weight is 209 g/mol. The number of methoxy groups -OCH3 is 1. The van der Waals surface area contributed by atoms with Gasteiger partial charge in [0.25, 0.3) is 0 Å². The van der Waals surface area contributed by atoms with Crippen molar-refractivity contribution in [1.29, 1.82) is 0 Å². The normalized spacial score (nSPS) is 10.2. The molecule has 1 aromatic carbocycles. The van der Waals surface area contributed by atoms with E-state index >= 15 is 0 Å². The highest BCUT2D eigenvalue weighted by molar-refractivity contribution is 5.69. The maximum absolute atomic E-state index is 5.69. The summed E-state index contributed by atoms with van der Waals surface area (Å²) in [5.74, 6) is 0. The summed E-state index contributed by atoms with van der Waals surface area (Å²) in [4.78, 5) is 0. The van der Waals surface area contributed by atoms with Gasteiger partial charge in [0.05, 0.1) is 11.4 Å². The summed E-state index contributed by atoms with van der Waals surface area (Å²) < 4.78 is 4.96. The molecule has 0 atom stereocenters. The van der Waals surface area contributed by atoms with Crippen molar-refractivity contribution >= 4 is 17.1 Å². The van der Waals surface area contributed by atoms with E-state index in [4.69, 9.17) is 16.2 Å². The van der Waals surface area contributed by atoms with Crippen LogP contribution in [0.4, 0.5) is 17.1 Å². The predicted octanol–water partition coefficient (Wildman–Crippen LogP) is 1.69. The number of nitrogens with one attached hydrogen (secondary N) is 1. The van der Waals surface area contributed by atoms with Gasteiger partial charge < -0.3 is 21.5 Å². The quantitative estimate of drug-likeness (QED) is 0.492. The topological polar surface area (TPSA) is 73.3 Å². The van der Waals surface area contributed by atoms with Gasteiger partial charge >= 0.3 is 0 Å². The van der Waals surface area contributed by atoms with Crippen LogP contribution in [-0.4, -0.2) is 20.3 Å². The van der Waals surface area contributed by atoms with E-state index in [1.54, 1.807) is 7.11 Å². The van der Waals surface area contributed by atoms with Gasteiger partial charge in [-0.25, -0.2) is 0 Å². The molecule has 0 amide bonds. The third-order valence-corrected chi connectivity index (χ3v) is 2.19. The molecule has 0 unspecified atom stereocenters. The molecular weight excluding hydrogens is 190 g/mol. The molecular formula is C11H19N3O. The number of benzene rings is 1. The number of hydrogen-bond donors (Lipinski definition) is 3. The van der Waals surface area contributed by atoms with Crippen molar-refractivity contribution < 1.29 is 4.74 Å². The van der Waals surface area contributed by atoms with E-state index < -0.39 is 0 Å². The Balaban J connectivity index is 2.28. The largest absolute Gasteiger partial charge is 0.397 e. The monoisotopic (exact) mass is 209 g/mol. The van der Waals surface area contributed by atoms with Crippen LogP contribution in [0.15, 0.2) is 18.2 Å². The van der Waals surface area contributed by atoms with Crippen LogP contribution in [0.3, 0.4) is 0 Å². The molecule has 0 bridgehead atoms. The Morgan fingerprint density at radius 3 is 2.67 bits per heavy atom. The lowest BCUT2D eigenvalue weighted by Gasteiger charge is -2.08. The summed E-state index contributed by atoms with van der Waals surface area (Å²) in [6.07, 6.45) is 2.14. The van der Waals surface area contributed by atoms with Crippen LogP contribution in [0.1, 0.15) is 12.8 Å². The molecule has 0 aliphatic heterocycles. The van der Waals surface area contributed by atoms with E-state index in [9.17, 15) is 0 Å². The summed E-state index contributed by atoms with van der Waals surface area (Å²) in [7, 11) is 1.72. The van der Waals surface area contributed by atoms with Crippen LogP contribution >= 0.6 is 0 Å². The first-order valence-electron chi connectivity index (χ1n) is 5.12. The van der Waals surface area contributed by atoms with Gasteiger partial charge in [0, 0.05) is 25.9 Å². The number of nitrogens with two attached hydrogens (primary N) is 2. The molecule has 0 aromatic heterocycles. The molecule has 1 rings (SSSR count). The average Bonchev–Trinajstić information content (AvgIpc) is 2.23. The first-order valence-corrected chi connectivity index (χ1v) is 5.12. The van der Waals surface area contributed by atoms with Crippen LogP contribution in [0.25, 0.3) is 0 Å². The zero-order valence-electron chi connectivity index (χ0n) is 9.12. The summed E-state index contributed by atoms with van der Waals surface area (Å²) in [5.41, 5.74) is 13.6. The lowest BCUT2D eigenvalue weighted by molar-refractivity contribution is 0.194. The fourth-order valence-electron chi connectivity index (χ4n) is 1.29. The Labute approximate surface area is 90.6 Å². The Bertz CT molecular complexity index is 302. The van der Waals surface area contributed by atoms with Crippen molar-refractivity contribution in [2.75, 3.05) is 37.0 Å². The van der Waals surface area contributed by atoms with Gasteiger partial charge in [-0.1, -0.05) is 0 Å². The van der Waals surface area contributed by atoms with Crippen LogP contribution in [0.5, 0.6) is 0 Å². The molecule has 15 heavy (non-hydrogen) atoms. The third-order valence-electron chi connectivity index (χ3n) is 2.19. The Morgan fingerprint density at radius 2 is 2.00 bits per heavy atom. The van der Waals surface area contributed by atoms with Crippen molar-refractivity contribution in [1.82, 2.24) is 0 Å². The van der Waals surface area contributed by atoms with E-state index in [2.05, 4.69) is 5.32 Å². The second kappa shape index (κ2) is 6.14. The van der Waals surface area contributed by atoms with Gasteiger partial charge in [0.2, 0.25) is 0 Å². The molecule has 0 radical (unpaired) electrons. The predicted molar refractivity (Wildman–Crippen MR) is 64.9 cm³/mol. The summed E-state index contributed by atoms with van der Waals surface area (Å²) in [6.45, 7) is 1.73. The van der Waals surface area contributed by atoms with Crippen molar-refractivity contribution in [3.63, 3.8) is 0 Å². The molecule has 0 aliphatic rings. The van der Waals surface area contributed by atoms with Crippen LogP contribution in [0, 0.1) is 0 Å². The minimum absolute atomic E-state index is 0.622. The minimum atomic E-state index is 0.622. The first kappa shape index (κ1) is 11.7. The van der Waals surface area contributed by atoms with E-state index in [1.165, 1.54) is 0 Å². The Morgan fingerprint density at radius 1 is 1.20 bits per heavy atom. The smallest absolute Gasteiger partial charge is 0.0568 e. The molecule has 84 valence electrons. The second-order valence-electron chi connectivity index (χ2n) is 3.47. The van der Waals surface area contributed by atoms with Crippen molar-refractivity contribution in [2.45, 2.75) is 12.8 Å². The van der Waals surface area contributed by atoms with Gasteiger partial charge in [-0.15, -0.1) is 0 Å². The van der Waals surface area contributed by atoms with Gasteiger partial charge in [-0.05, 0) is 31.0 Å². The molecule has 4 nitrogen and oxygen atoms in total. The lowest BCUT2D eigenvalue weighted by atomic mass is 10.2. The Kier molecular flexibility index (Phi) is 4.77. The fourth-order valence-corrected chi connectivity index (χ4v) is 1.29. The van der Waals surface area contributed by atoms with Crippen LogP contribution < -0.4 is 16.8 Å². The standard InChI is InChI=1S/C11H19N3O/c1-15-7-3-2-6-14-9-4-5-10(12)11(13)8-9/h4-5,8,14H,2-3,6-7,12-13H2,1H3. The van der Waals surface area contributed by atoms with Crippen molar-refractivity contribution in [2.24, 2.45) is 0 Å². The molecule has 0 saturated heterocycles.